The first-order valence-electron chi connectivity index (χ1n) is 13.7. The second kappa shape index (κ2) is 11.8. The predicted molar refractivity (Wildman–Crippen MR) is 163 cm³/mol. The lowest BCUT2D eigenvalue weighted by molar-refractivity contribution is 0.922. The second-order valence-electron chi connectivity index (χ2n) is 10.1. The highest BCUT2D eigenvalue weighted by Crippen LogP contribution is 2.38. The molecule has 0 aliphatic rings. The van der Waals surface area contributed by atoms with E-state index in [4.69, 9.17) is 0 Å². The Morgan fingerprint density at radius 1 is 0.282 bits per heavy atom. The topological polar surface area (TPSA) is 0 Å². The van der Waals surface area contributed by atoms with E-state index in [0.29, 0.717) is 0 Å². The Morgan fingerprint density at radius 3 is 0.846 bits per heavy atom. The molecule has 0 heterocycles. The Morgan fingerprint density at radius 2 is 0.538 bits per heavy atom. The van der Waals surface area contributed by atoms with Crippen LogP contribution in [0.4, 0.5) is 0 Å². The zero-order valence-electron chi connectivity index (χ0n) is 22.0. The van der Waals surface area contributed by atoms with Gasteiger partial charge < -0.3 is 0 Å². The van der Waals surface area contributed by atoms with Crippen LogP contribution in [0.3, 0.4) is 0 Å². The van der Waals surface area contributed by atoms with Crippen molar-refractivity contribution in [1.82, 2.24) is 0 Å². The summed E-state index contributed by atoms with van der Waals surface area (Å²) in [5, 5.41) is 0. The Labute approximate surface area is 232 Å². The highest BCUT2D eigenvalue weighted by Gasteiger charge is 2.22. The van der Waals surface area contributed by atoms with Crippen LogP contribution in [-0.4, -0.2) is 0 Å². The molecule has 0 fully saturated rings. The SMILES string of the molecule is c1ccc(C(c2ccccc2)c2ccccc2Cc2ccccc2C(c2ccccc2)c2ccccc2)cc1. The lowest BCUT2D eigenvalue weighted by Gasteiger charge is -2.25. The second-order valence-corrected chi connectivity index (χ2v) is 10.1. The van der Waals surface area contributed by atoms with Crippen LogP contribution in [0.1, 0.15) is 56.3 Å². The third-order valence-electron chi connectivity index (χ3n) is 7.64. The maximum atomic E-state index is 2.31. The van der Waals surface area contributed by atoms with E-state index in [1.807, 2.05) is 0 Å². The molecule has 0 aliphatic carbocycles. The van der Waals surface area contributed by atoms with Crippen LogP contribution in [0.15, 0.2) is 170 Å². The monoisotopic (exact) mass is 500 g/mol. The molecule has 39 heavy (non-hydrogen) atoms. The van der Waals surface area contributed by atoms with Gasteiger partial charge in [-0.2, -0.15) is 0 Å². The van der Waals surface area contributed by atoms with Gasteiger partial charge in [-0.25, -0.2) is 0 Å². The summed E-state index contributed by atoms with van der Waals surface area (Å²) in [6.45, 7) is 0. The zero-order valence-corrected chi connectivity index (χ0v) is 22.0. The van der Waals surface area contributed by atoms with Gasteiger partial charge in [-0.1, -0.05) is 170 Å². The Bertz CT molecular complexity index is 1400. The van der Waals surface area contributed by atoms with Crippen LogP contribution >= 0.6 is 0 Å². The van der Waals surface area contributed by atoms with E-state index < -0.39 is 0 Å². The first-order chi connectivity index (χ1) is 19.4. The van der Waals surface area contributed by atoms with Crippen molar-refractivity contribution in [2.45, 2.75) is 18.3 Å². The smallest absolute Gasteiger partial charge is 0.0342 e. The third kappa shape index (κ3) is 5.47. The van der Waals surface area contributed by atoms with Crippen molar-refractivity contribution in [2.75, 3.05) is 0 Å². The van der Waals surface area contributed by atoms with Crippen molar-refractivity contribution in [1.29, 1.82) is 0 Å². The number of hydrogen-bond acceptors (Lipinski definition) is 0. The molecule has 0 saturated carbocycles. The van der Waals surface area contributed by atoms with Crippen LogP contribution in [-0.2, 0) is 6.42 Å². The van der Waals surface area contributed by atoms with Gasteiger partial charge in [0.25, 0.3) is 0 Å². The minimum absolute atomic E-state index is 0.176. The van der Waals surface area contributed by atoms with Gasteiger partial charge in [0, 0.05) is 11.8 Å². The first-order valence-corrected chi connectivity index (χ1v) is 13.7. The van der Waals surface area contributed by atoms with Crippen LogP contribution in [0.2, 0.25) is 0 Å². The summed E-state index contributed by atoms with van der Waals surface area (Å²) in [6.07, 6.45) is 0.874. The molecular formula is C39H32. The molecule has 6 aromatic rings. The van der Waals surface area contributed by atoms with Crippen molar-refractivity contribution in [3.8, 4) is 0 Å². The van der Waals surface area contributed by atoms with E-state index >= 15 is 0 Å². The van der Waals surface area contributed by atoms with Gasteiger partial charge in [-0.15, -0.1) is 0 Å². The molecule has 0 spiro atoms. The van der Waals surface area contributed by atoms with Crippen LogP contribution in [0.5, 0.6) is 0 Å². The zero-order chi connectivity index (χ0) is 26.3. The molecule has 0 nitrogen and oxygen atoms in total. The van der Waals surface area contributed by atoms with Crippen molar-refractivity contribution in [3.05, 3.63) is 214 Å². The van der Waals surface area contributed by atoms with Crippen LogP contribution in [0.25, 0.3) is 0 Å². The van der Waals surface area contributed by atoms with Gasteiger partial charge in [0.15, 0.2) is 0 Å². The van der Waals surface area contributed by atoms with Gasteiger partial charge >= 0.3 is 0 Å². The summed E-state index contributed by atoms with van der Waals surface area (Å²) in [5.41, 5.74) is 10.7. The van der Waals surface area contributed by atoms with Crippen molar-refractivity contribution in [2.24, 2.45) is 0 Å². The van der Waals surface area contributed by atoms with Crippen molar-refractivity contribution >= 4 is 0 Å². The van der Waals surface area contributed by atoms with E-state index in [1.54, 1.807) is 0 Å². The summed E-state index contributed by atoms with van der Waals surface area (Å²) >= 11 is 0. The molecular weight excluding hydrogens is 468 g/mol. The quantitative estimate of drug-likeness (QED) is 0.183. The predicted octanol–water partition coefficient (Wildman–Crippen LogP) is 9.64. The van der Waals surface area contributed by atoms with Crippen molar-refractivity contribution < 1.29 is 0 Å². The molecule has 0 aliphatic heterocycles. The molecule has 0 saturated heterocycles. The highest BCUT2D eigenvalue weighted by molar-refractivity contribution is 5.51. The van der Waals surface area contributed by atoms with Crippen LogP contribution < -0.4 is 0 Å². The molecule has 188 valence electrons. The van der Waals surface area contributed by atoms with E-state index in [2.05, 4.69) is 170 Å². The van der Waals surface area contributed by atoms with E-state index in [0.717, 1.165) is 6.42 Å². The summed E-state index contributed by atoms with van der Waals surface area (Å²) in [6, 6.07) is 61.6. The average Bonchev–Trinajstić information content (AvgIpc) is 3.01. The first kappa shape index (κ1) is 24.6. The maximum Gasteiger partial charge on any atom is 0.0342 e. The van der Waals surface area contributed by atoms with E-state index in [-0.39, 0.29) is 11.8 Å². The van der Waals surface area contributed by atoms with Crippen LogP contribution in [0, 0.1) is 0 Å². The molecule has 0 radical (unpaired) electrons. The average molecular weight is 501 g/mol. The molecule has 6 rings (SSSR count). The molecule has 0 heteroatoms. The largest absolute Gasteiger partial charge is 0.0622 e. The molecule has 6 aromatic carbocycles. The van der Waals surface area contributed by atoms with Gasteiger partial charge in [0.2, 0.25) is 0 Å². The van der Waals surface area contributed by atoms with Gasteiger partial charge in [0.05, 0.1) is 0 Å². The Balaban J connectivity index is 1.46. The van der Waals surface area contributed by atoms with E-state index in [1.165, 1.54) is 44.5 Å². The molecule has 0 amide bonds. The van der Waals surface area contributed by atoms with E-state index in [9.17, 15) is 0 Å². The fourth-order valence-electron chi connectivity index (χ4n) is 5.84. The van der Waals surface area contributed by atoms with Crippen molar-refractivity contribution in [3.63, 3.8) is 0 Å². The Kier molecular flexibility index (Phi) is 7.45. The number of benzene rings is 6. The fraction of sp³-hybridized carbons (Fsp3) is 0.0769. The minimum Gasteiger partial charge on any atom is -0.0622 e. The molecule has 0 aromatic heterocycles. The molecule has 0 atom stereocenters. The highest BCUT2D eigenvalue weighted by atomic mass is 14.3. The lowest BCUT2D eigenvalue weighted by atomic mass is 9.79. The summed E-state index contributed by atoms with van der Waals surface area (Å²) in [4.78, 5) is 0. The Hall–Kier alpha value is -4.68. The van der Waals surface area contributed by atoms with Gasteiger partial charge in [0.1, 0.15) is 0 Å². The fourth-order valence-corrected chi connectivity index (χ4v) is 5.84. The minimum atomic E-state index is 0.176. The van der Waals surface area contributed by atoms with Gasteiger partial charge in [-0.05, 0) is 50.9 Å². The molecule has 0 N–H and O–H groups in total. The number of rotatable bonds is 8. The molecule has 0 bridgehead atoms. The maximum absolute atomic E-state index is 2.31. The number of hydrogen-bond donors (Lipinski definition) is 0. The summed E-state index contributed by atoms with van der Waals surface area (Å²) in [7, 11) is 0. The summed E-state index contributed by atoms with van der Waals surface area (Å²) < 4.78 is 0. The lowest BCUT2D eigenvalue weighted by Crippen LogP contribution is -2.10. The molecule has 0 unspecified atom stereocenters. The normalized spacial score (nSPS) is 11.1. The van der Waals surface area contributed by atoms with Gasteiger partial charge in [-0.3, -0.25) is 0 Å². The summed E-state index contributed by atoms with van der Waals surface area (Å²) in [5.74, 6) is 0.351. The third-order valence-corrected chi connectivity index (χ3v) is 7.64. The standard InChI is InChI=1S/C39H32/c1-5-17-30(18-6-1)38(31-19-7-2-8-20-31)36-27-15-13-25-34(36)29-35-26-14-16-28-37(35)39(32-21-9-3-10-22-32)33-23-11-4-12-24-33/h1-28,38-39H,29H2.